The van der Waals surface area contributed by atoms with Gasteiger partial charge in [-0.25, -0.2) is 4.39 Å². The minimum absolute atomic E-state index is 0. The van der Waals surface area contributed by atoms with E-state index >= 15 is 0 Å². The largest absolute Gasteiger partial charge is 0.328 e. The summed E-state index contributed by atoms with van der Waals surface area (Å²) in [5.74, 6) is 0.564. The Hall–Kier alpha value is -0.600. The zero-order chi connectivity index (χ0) is 10.7. The molecule has 0 bridgehead atoms. The molecule has 0 saturated heterocycles. The molecule has 0 unspecified atom stereocenters. The van der Waals surface area contributed by atoms with E-state index in [-0.39, 0.29) is 18.2 Å². The maximum Gasteiger partial charge on any atom is 0.126 e. The number of rotatable bonds is 2. The van der Waals surface area contributed by atoms with Crippen molar-refractivity contribution >= 4 is 12.4 Å². The van der Waals surface area contributed by atoms with Gasteiger partial charge in [-0.1, -0.05) is 18.2 Å². The number of benzene rings is 1. The molecule has 1 fully saturated rings. The van der Waals surface area contributed by atoms with E-state index in [9.17, 15) is 4.39 Å². The van der Waals surface area contributed by atoms with Crippen molar-refractivity contribution in [2.45, 2.75) is 38.1 Å². The predicted octanol–water partition coefficient (Wildman–Crippen LogP) is 3.31. The van der Waals surface area contributed by atoms with Gasteiger partial charge in [0.1, 0.15) is 5.82 Å². The van der Waals surface area contributed by atoms with Crippen LogP contribution in [0.25, 0.3) is 0 Å². The van der Waals surface area contributed by atoms with Crippen LogP contribution in [0.15, 0.2) is 24.3 Å². The highest BCUT2D eigenvalue weighted by Crippen LogP contribution is 2.27. The van der Waals surface area contributed by atoms with E-state index in [1.807, 2.05) is 12.1 Å². The van der Waals surface area contributed by atoms with Crippen molar-refractivity contribution in [3.05, 3.63) is 35.6 Å². The predicted molar refractivity (Wildman–Crippen MR) is 67.3 cm³/mol. The Kier molecular flexibility index (Phi) is 5.23. The van der Waals surface area contributed by atoms with E-state index in [1.54, 1.807) is 12.1 Å². The van der Waals surface area contributed by atoms with Crippen LogP contribution in [0.3, 0.4) is 0 Å². The van der Waals surface area contributed by atoms with Gasteiger partial charge < -0.3 is 5.73 Å². The van der Waals surface area contributed by atoms with Gasteiger partial charge in [-0.05, 0) is 49.7 Å². The van der Waals surface area contributed by atoms with Crippen molar-refractivity contribution in [3.63, 3.8) is 0 Å². The summed E-state index contributed by atoms with van der Waals surface area (Å²) in [4.78, 5) is 0. The van der Waals surface area contributed by atoms with E-state index < -0.39 is 0 Å². The normalized spacial score (nSPS) is 24.9. The molecule has 1 aliphatic carbocycles. The Bertz CT molecular complexity index is 321. The first-order valence-electron chi connectivity index (χ1n) is 5.74. The molecule has 1 nitrogen and oxygen atoms in total. The molecule has 0 spiro atoms. The molecular formula is C13H19ClFN. The van der Waals surface area contributed by atoms with E-state index in [0.717, 1.165) is 37.7 Å². The van der Waals surface area contributed by atoms with E-state index in [2.05, 4.69) is 0 Å². The van der Waals surface area contributed by atoms with Crippen molar-refractivity contribution < 1.29 is 4.39 Å². The fraction of sp³-hybridized carbons (Fsp3) is 0.538. The third-order valence-corrected chi connectivity index (χ3v) is 3.36. The van der Waals surface area contributed by atoms with Crippen molar-refractivity contribution in [2.24, 2.45) is 11.7 Å². The molecule has 0 aliphatic heterocycles. The third-order valence-electron chi connectivity index (χ3n) is 3.36. The Labute approximate surface area is 103 Å². The van der Waals surface area contributed by atoms with Gasteiger partial charge in [0.25, 0.3) is 0 Å². The van der Waals surface area contributed by atoms with Crippen LogP contribution in [0.4, 0.5) is 4.39 Å². The summed E-state index contributed by atoms with van der Waals surface area (Å²) in [5, 5.41) is 0. The lowest BCUT2D eigenvalue weighted by molar-refractivity contribution is 0.322. The van der Waals surface area contributed by atoms with E-state index in [4.69, 9.17) is 5.73 Å². The first kappa shape index (κ1) is 13.5. The molecule has 1 aliphatic rings. The molecule has 2 rings (SSSR count). The molecule has 0 atom stereocenters. The van der Waals surface area contributed by atoms with Crippen molar-refractivity contribution in [1.82, 2.24) is 0 Å². The Balaban J connectivity index is 0.00000128. The quantitative estimate of drug-likeness (QED) is 0.848. The van der Waals surface area contributed by atoms with Crippen LogP contribution in [0, 0.1) is 11.7 Å². The van der Waals surface area contributed by atoms with Crippen LogP contribution in [-0.4, -0.2) is 6.04 Å². The molecule has 90 valence electrons. The van der Waals surface area contributed by atoms with Gasteiger partial charge in [0.05, 0.1) is 0 Å². The van der Waals surface area contributed by atoms with Crippen LogP contribution in [0.2, 0.25) is 0 Å². The van der Waals surface area contributed by atoms with Crippen molar-refractivity contribution in [1.29, 1.82) is 0 Å². The van der Waals surface area contributed by atoms with Gasteiger partial charge in [-0.2, -0.15) is 0 Å². The van der Waals surface area contributed by atoms with Crippen molar-refractivity contribution in [2.75, 3.05) is 0 Å². The molecule has 1 aromatic rings. The zero-order valence-corrected chi connectivity index (χ0v) is 10.2. The Morgan fingerprint density at radius 1 is 1.12 bits per heavy atom. The maximum atomic E-state index is 13.4. The number of nitrogens with two attached hydrogens (primary N) is 1. The highest BCUT2D eigenvalue weighted by molar-refractivity contribution is 5.85. The topological polar surface area (TPSA) is 26.0 Å². The summed E-state index contributed by atoms with van der Waals surface area (Å²) in [6.07, 6.45) is 5.36. The first-order valence-corrected chi connectivity index (χ1v) is 5.74. The maximum absolute atomic E-state index is 13.4. The number of hydrogen-bond donors (Lipinski definition) is 1. The minimum atomic E-state index is -0.0626. The van der Waals surface area contributed by atoms with E-state index in [1.165, 1.54) is 0 Å². The van der Waals surface area contributed by atoms with Gasteiger partial charge in [-0.15, -0.1) is 12.4 Å². The summed E-state index contributed by atoms with van der Waals surface area (Å²) in [6.45, 7) is 0. The molecular weight excluding hydrogens is 225 g/mol. The molecule has 3 heteroatoms. The third kappa shape index (κ3) is 3.46. The van der Waals surface area contributed by atoms with Gasteiger partial charge in [-0.3, -0.25) is 0 Å². The Morgan fingerprint density at radius 2 is 1.75 bits per heavy atom. The first-order chi connectivity index (χ1) is 7.25. The molecule has 16 heavy (non-hydrogen) atoms. The number of halogens is 2. The summed E-state index contributed by atoms with van der Waals surface area (Å²) in [6, 6.07) is 7.47. The van der Waals surface area contributed by atoms with Gasteiger partial charge in [0.2, 0.25) is 0 Å². The molecule has 1 aromatic carbocycles. The molecule has 2 N–H and O–H groups in total. The summed E-state index contributed by atoms with van der Waals surface area (Å²) in [7, 11) is 0. The minimum Gasteiger partial charge on any atom is -0.328 e. The zero-order valence-electron chi connectivity index (χ0n) is 9.36. The number of hydrogen-bond acceptors (Lipinski definition) is 1. The van der Waals surface area contributed by atoms with Gasteiger partial charge in [0.15, 0.2) is 0 Å². The second-order valence-electron chi connectivity index (χ2n) is 4.58. The second kappa shape index (κ2) is 6.21. The fourth-order valence-corrected chi connectivity index (χ4v) is 2.37. The SMILES string of the molecule is Cl.NC1CCC(Cc2ccccc2F)CC1. The van der Waals surface area contributed by atoms with Gasteiger partial charge in [0, 0.05) is 6.04 Å². The summed E-state index contributed by atoms with van der Waals surface area (Å²) in [5.41, 5.74) is 6.71. The second-order valence-corrected chi connectivity index (χ2v) is 4.58. The van der Waals surface area contributed by atoms with Crippen LogP contribution in [0.1, 0.15) is 31.2 Å². The van der Waals surface area contributed by atoms with Gasteiger partial charge >= 0.3 is 0 Å². The van der Waals surface area contributed by atoms with Crippen LogP contribution < -0.4 is 5.73 Å². The highest BCUT2D eigenvalue weighted by Gasteiger charge is 2.19. The molecule has 0 heterocycles. The standard InChI is InChI=1S/C13H18FN.ClH/c14-13-4-2-1-3-11(13)9-10-5-7-12(15)8-6-10;/h1-4,10,12H,5-9,15H2;1H. The molecule has 1 saturated carbocycles. The van der Waals surface area contributed by atoms with E-state index in [0.29, 0.717) is 12.0 Å². The average Bonchev–Trinajstić information content (AvgIpc) is 2.25. The smallest absolute Gasteiger partial charge is 0.126 e. The lowest BCUT2D eigenvalue weighted by Gasteiger charge is -2.26. The fourth-order valence-electron chi connectivity index (χ4n) is 2.37. The monoisotopic (exact) mass is 243 g/mol. The van der Waals surface area contributed by atoms with Crippen molar-refractivity contribution in [3.8, 4) is 0 Å². The lowest BCUT2D eigenvalue weighted by Crippen LogP contribution is -2.27. The molecule has 0 radical (unpaired) electrons. The summed E-state index contributed by atoms with van der Waals surface area (Å²) >= 11 is 0. The average molecular weight is 244 g/mol. The van der Waals surface area contributed by atoms with Crippen LogP contribution in [0.5, 0.6) is 0 Å². The van der Waals surface area contributed by atoms with Crippen LogP contribution >= 0.6 is 12.4 Å². The van der Waals surface area contributed by atoms with Crippen LogP contribution in [-0.2, 0) is 6.42 Å². The lowest BCUT2D eigenvalue weighted by atomic mass is 9.83. The summed E-state index contributed by atoms with van der Waals surface area (Å²) < 4.78 is 13.4. The molecule has 0 amide bonds. The molecule has 0 aromatic heterocycles. The Morgan fingerprint density at radius 3 is 2.38 bits per heavy atom. The highest BCUT2D eigenvalue weighted by atomic mass is 35.5.